The fourth-order valence-corrected chi connectivity index (χ4v) is 6.44. The number of aliphatic carboxylic acids is 1. The number of rotatable bonds is 40. The molecule has 4 heteroatoms. The van der Waals surface area contributed by atoms with E-state index in [0.717, 1.165) is 77.0 Å². The summed E-state index contributed by atoms with van der Waals surface area (Å²) in [6.45, 7) is 4.44. The number of ether oxygens (including phenoxy) is 1. The number of esters is 1. The standard InChI is InChI=1S/C48H84O4/c1-3-5-7-9-11-13-15-16-17-18-19-20-21-22-23-24-25-26-28-30-32-37-41-45-48(51)52-46(43-39-35-33-36-40-44-47(49)50)42-38-34-31-29-27-14-12-10-8-6-4-2/h6,8,12,14,18-19,29,31,38,42,46H,3-5,7,9-11,13,15-17,20-28,30,32-37,39-41,43-45H2,1-2H3,(H,49,50)/b8-6-,14-12-,19-18-,31-29-,42-38-. The van der Waals surface area contributed by atoms with Crippen LogP contribution in [0.5, 0.6) is 0 Å². The molecule has 0 amide bonds. The van der Waals surface area contributed by atoms with Crippen molar-refractivity contribution in [1.82, 2.24) is 0 Å². The minimum absolute atomic E-state index is 0.0760. The summed E-state index contributed by atoms with van der Waals surface area (Å²) in [6, 6.07) is 0. The first-order valence-corrected chi connectivity index (χ1v) is 22.3. The van der Waals surface area contributed by atoms with Crippen LogP contribution in [-0.2, 0) is 14.3 Å². The second-order valence-corrected chi connectivity index (χ2v) is 14.8. The Morgan fingerprint density at radius 3 is 1.35 bits per heavy atom. The molecule has 0 aromatic rings. The van der Waals surface area contributed by atoms with Crippen molar-refractivity contribution in [3.8, 4) is 0 Å². The molecule has 0 saturated heterocycles. The van der Waals surface area contributed by atoms with E-state index in [-0.39, 0.29) is 18.5 Å². The first-order chi connectivity index (χ1) is 25.6. The molecule has 0 radical (unpaired) electrons. The summed E-state index contributed by atoms with van der Waals surface area (Å²) in [5, 5.41) is 8.82. The van der Waals surface area contributed by atoms with Crippen LogP contribution >= 0.6 is 0 Å². The molecule has 0 aliphatic rings. The predicted octanol–water partition coefficient (Wildman–Crippen LogP) is 15.7. The number of hydrogen-bond donors (Lipinski definition) is 1. The Bertz CT molecular complexity index is 911. The van der Waals surface area contributed by atoms with E-state index >= 15 is 0 Å². The van der Waals surface area contributed by atoms with Gasteiger partial charge in [0.2, 0.25) is 0 Å². The van der Waals surface area contributed by atoms with Gasteiger partial charge in [0.25, 0.3) is 0 Å². The largest absolute Gasteiger partial charge is 0.481 e. The molecule has 1 atom stereocenters. The molecular weight excluding hydrogens is 641 g/mol. The van der Waals surface area contributed by atoms with Crippen LogP contribution in [0, 0.1) is 0 Å². The van der Waals surface area contributed by atoms with Gasteiger partial charge in [0.05, 0.1) is 0 Å². The van der Waals surface area contributed by atoms with Gasteiger partial charge in [-0.2, -0.15) is 0 Å². The maximum Gasteiger partial charge on any atom is 0.306 e. The van der Waals surface area contributed by atoms with E-state index in [1.54, 1.807) is 0 Å². The predicted molar refractivity (Wildman–Crippen MR) is 227 cm³/mol. The highest BCUT2D eigenvalue weighted by atomic mass is 16.5. The Balaban J connectivity index is 3.96. The molecule has 0 aliphatic carbocycles. The second kappa shape index (κ2) is 43.0. The highest BCUT2D eigenvalue weighted by Gasteiger charge is 2.11. The Morgan fingerprint density at radius 2 is 0.865 bits per heavy atom. The molecule has 0 aromatic carbocycles. The number of allylic oxidation sites excluding steroid dienone is 9. The van der Waals surface area contributed by atoms with Gasteiger partial charge >= 0.3 is 11.9 Å². The summed E-state index contributed by atoms with van der Waals surface area (Å²) >= 11 is 0. The first kappa shape index (κ1) is 49.6. The minimum atomic E-state index is -0.717. The SMILES string of the molecule is CC/C=C\C/C=C\C/C=C\C/C=C\C(CCCCCCCC(=O)O)OC(=O)CCCCCCCCCCCCC/C=C\CCCCCCCCCC. The van der Waals surface area contributed by atoms with E-state index in [1.165, 1.54) is 122 Å². The summed E-state index contributed by atoms with van der Waals surface area (Å²) in [6.07, 6.45) is 59.9. The number of carbonyl (C=O) groups is 2. The van der Waals surface area contributed by atoms with Crippen molar-refractivity contribution in [2.24, 2.45) is 0 Å². The van der Waals surface area contributed by atoms with Gasteiger partial charge < -0.3 is 9.84 Å². The summed E-state index contributed by atoms with van der Waals surface area (Å²) in [5.41, 5.74) is 0. The van der Waals surface area contributed by atoms with E-state index in [4.69, 9.17) is 9.84 Å². The van der Waals surface area contributed by atoms with Crippen molar-refractivity contribution < 1.29 is 19.4 Å². The average Bonchev–Trinajstić information content (AvgIpc) is 3.13. The van der Waals surface area contributed by atoms with Crippen LogP contribution in [0.3, 0.4) is 0 Å². The summed E-state index contributed by atoms with van der Waals surface area (Å²) in [4.78, 5) is 23.4. The Hall–Kier alpha value is -2.36. The van der Waals surface area contributed by atoms with Gasteiger partial charge in [-0.3, -0.25) is 9.59 Å². The maximum absolute atomic E-state index is 12.7. The number of carboxylic acids is 1. The lowest BCUT2D eigenvalue weighted by molar-refractivity contribution is -0.147. The second-order valence-electron chi connectivity index (χ2n) is 14.8. The summed E-state index contributed by atoms with van der Waals surface area (Å²) in [7, 11) is 0. The highest BCUT2D eigenvalue weighted by molar-refractivity contribution is 5.69. The van der Waals surface area contributed by atoms with Crippen LogP contribution in [0.1, 0.15) is 226 Å². The molecule has 0 spiro atoms. The van der Waals surface area contributed by atoms with Crippen molar-refractivity contribution in [3.05, 3.63) is 60.8 Å². The topological polar surface area (TPSA) is 63.6 Å². The number of carbonyl (C=O) groups excluding carboxylic acids is 1. The molecule has 4 nitrogen and oxygen atoms in total. The zero-order valence-corrected chi connectivity index (χ0v) is 34.4. The maximum atomic E-state index is 12.7. The zero-order valence-electron chi connectivity index (χ0n) is 34.4. The normalized spacial score (nSPS) is 12.8. The Labute approximate surface area is 323 Å². The molecule has 300 valence electrons. The number of hydrogen-bond acceptors (Lipinski definition) is 3. The van der Waals surface area contributed by atoms with E-state index < -0.39 is 5.97 Å². The van der Waals surface area contributed by atoms with Gasteiger partial charge in [-0.15, -0.1) is 0 Å². The van der Waals surface area contributed by atoms with Crippen molar-refractivity contribution in [1.29, 1.82) is 0 Å². The molecule has 0 aliphatic heterocycles. The van der Waals surface area contributed by atoms with Crippen molar-refractivity contribution >= 4 is 11.9 Å². The Morgan fingerprint density at radius 1 is 0.462 bits per heavy atom. The van der Waals surface area contributed by atoms with Crippen LogP contribution in [0.15, 0.2) is 60.8 Å². The highest BCUT2D eigenvalue weighted by Crippen LogP contribution is 2.16. The molecule has 0 rings (SSSR count). The fourth-order valence-electron chi connectivity index (χ4n) is 6.44. The van der Waals surface area contributed by atoms with Gasteiger partial charge in [0.1, 0.15) is 6.10 Å². The van der Waals surface area contributed by atoms with Crippen molar-refractivity contribution in [3.63, 3.8) is 0 Å². The molecule has 0 heterocycles. The number of carboxylic acid groups (broad SMARTS) is 1. The lowest BCUT2D eigenvalue weighted by atomic mass is 10.0. The Kier molecular flexibility index (Phi) is 41.1. The van der Waals surface area contributed by atoms with Gasteiger partial charge in [0.15, 0.2) is 0 Å². The van der Waals surface area contributed by atoms with Gasteiger partial charge in [0, 0.05) is 12.8 Å². The third-order valence-electron chi connectivity index (χ3n) is 9.71. The molecule has 1 unspecified atom stereocenters. The third kappa shape index (κ3) is 42.1. The zero-order chi connectivity index (χ0) is 37.8. The molecule has 0 saturated carbocycles. The van der Waals surface area contributed by atoms with Gasteiger partial charge in [-0.1, -0.05) is 191 Å². The van der Waals surface area contributed by atoms with E-state index in [1.807, 2.05) is 0 Å². The monoisotopic (exact) mass is 725 g/mol. The number of unbranched alkanes of at least 4 members (excludes halogenated alkanes) is 23. The van der Waals surface area contributed by atoms with Crippen molar-refractivity contribution in [2.45, 2.75) is 232 Å². The van der Waals surface area contributed by atoms with Gasteiger partial charge in [-0.25, -0.2) is 0 Å². The van der Waals surface area contributed by atoms with Gasteiger partial charge in [-0.05, 0) is 83.1 Å². The molecular formula is C48H84O4. The van der Waals surface area contributed by atoms with Crippen LogP contribution in [0.2, 0.25) is 0 Å². The van der Waals surface area contributed by atoms with Crippen LogP contribution in [0.25, 0.3) is 0 Å². The average molecular weight is 725 g/mol. The fraction of sp³-hybridized carbons (Fsp3) is 0.750. The summed E-state index contributed by atoms with van der Waals surface area (Å²) < 4.78 is 5.90. The smallest absolute Gasteiger partial charge is 0.306 e. The lowest BCUT2D eigenvalue weighted by Gasteiger charge is -2.14. The summed E-state index contributed by atoms with van der Waals surface area (Å²) in [5.74, 6) is -0.793. The van der Waals surface area contributed by atoms with E-state index in [9.17, 15) is 9.59 Å². The molecule has 0 bridgehead atoms. The third-order valence-corrected chi connectivity index (χ3v) is 9.71. The lowest BCUT2D eigenvalue weighted by Crippen LogP contribution is -2.16. The minimum Gasteiger partial charge on any atom is -0.481 e. The van der Waals surface area contributed by atoms with E-state index in [2.05, 4.69) is 74.6 Å². The molecule has 52 heavy (non-hydrogen) atoms. The first-order valence-electron chi connectivity index (χ1n) is 22.3. The molecule has 1 N–H and O–H groups in total. The molecule has 0 aromatic heterocycles. The quantitative estimate of drug-likeness (QED) is 0.0388. The van der Waals surface area contributed by atoms with E-state index in [0.29, 0.717) is 6.42 Å². The van der Waals surface area contributed by atoms with Crippen LogP contribution in [0.4, 0.5) is 0 Å². The molecule has 0 fully saturated rings. The van der Waals surface area contributed by atoms with Crippen molar-refractivity contribution in [2.75, 3.05) is 0 Å². The van der Waals surface area contributed by atoms with Crippen LogP contribution in [-0.4, -0.2) is 23.1 Å². The van der Waals surface area contributed by atoms with Crippen LogP contribution < -0.4 is 0 Å².